The first-order valence-corrected chi connectivity index (χ1v) is 7.14. The minimum Gasteiger partial charge on any atom is -0.291 e. The lowest BCUT2D eigenvalue weighted by Gasteiger charge is -2.46. The molecule has 0 spiro atoms. The molecule has 1 unspecified atom stereocenters. The quantitative estimate of drug-likeness (QED) is 0.593. The standard InChI is InChI=1S/C16H30FN/c1-12(17)13-9-8-10-14(15(2,3)4)18(11-13)16(5,6)7/h14H,8-11H2,1-7H3/b13-12-. The van der Waals surface area contributed by atoms with Gasteiger partial charge in [0.25, 0.3) is 0 Å². The molecule has 0 amide bonds. The fourth-order valence-electron chi connectivity index (χ4n) is 2.95. The normalized spacial score (nSPS) is 27.0. The van der Waals surface area contributed by atoms with Crippen LogP contribution >= 0.6 is 0 Å². The van der Waals surface area contributed by atoms with Crippen molar-refractivity contribution in [2.45, 2.75) is 79.3 Å². The predicted octanol–water partition coefficient (Wildman–Crippen LogP) is 4.93. The van der Waals surface area contributed by atoms with Crippen LogP contribution in [0.25, 0.3) is 0 Å². The van der Waals surface area contributed by atoms with E-state index in [1.165, 1.54) is 0 Å². The Morgan fingerprint density at radius 3 is 2.11 bits per heavy atom. The van der Waals surface area contributed by atoms with Gasteiger partial charge in [-0.2, -0.15) is 0 Å². The van der Waals surface area contributed by atoms with E-state index < -0.39 is 0 Å². The summed E-state index contributed by atoms with van der Waals surface area (Å²) in [5.74, 6) is 0.0267. The van der Waals surface area contributed by atoms with Crippen molar-refractivity contribution in [3.8, 4) is 0 Å². The molecule has 0 aromatic rings. The summed E-state index contributed by atoms with van der Waals surface area (Å²) in [6, 6.07) is 0.523. The summed E-state index contributed by atoms with van der Waals surface area (Å²) in [5.41, 5.74) is 1.33. The van der Waals surface area contributed by atoms with Crippen LogP contribution in [0.3, 0.4) is 0 Å². The van der Waals surface area contributed by atoms with Gasteiger partial charge in [-0.25, -0.2) is 4.39 Å². The molecule has 1 aliphatic rings. The van der Waals surface area contributed by atoms with E-state index in [2.05, 4.69) is 46.4 Å². The number of halogens is 1. The van der Waals surface area contributed by atoms with Crippen molar-refractivity contribution in [2.24, 2.45) is 5.41 Å². The number of hydrogen-bond donors (Lipinski definition) is 0. The van der Waals surface area contributed by atoms with E-state index in [4.69, 9.17) is 0 Å². The molecule has 106 valence electrons. The number of likely N-dealkylation sites (tertiary alicyclic amines) is 1. The summed E-state index contributed by atoms with van der Waals surface area (Å²) < 4.78 is 13.6. The minimum absolute atomic E-state index is 0.0267. The average molecular weight is 255 g/mol. The summed E-state index contributed by atoms with van der Waals surface area (Å²) in [6.07, 6.45) is 3.18. The first-order chi connectivity index (χ1) is 8.03. The highest BCUT2D eigenvalue weighted by molar-refractivity contribution is 5.12. The van der Waals surface area contributed by atoms with Crippen molar-refractivity contribution >= 4 is 0 Å². The molecule has 1 heterocycles. The summed E-state index contributed by atoms with van der Waals surface area (Å²) in [4.78, 5) is 2.50. The fourth-order valence-corrected chi connectivity index (χ4v) is 2.95. The maximum Gasteiger partial charge on any atom is 0.0973 e. The van der Waals surface area contributed by atoms with E-state index in [9.17, 15) is 4.39 Å². The van der Waals surface area contributed by atoms with Gasteiger partial charge in [0.05, 0.1) is 5.83 Å². The van der Waals surface area contributed by atoms with Crippen LogP contribution in [0.5, 0.6) is 0 Å². The lowest BCUT2D eigenvalue weighted by molar-refractivity contribution is 0.0303. The highest BCUT2D eigenvalue weighted by Gasteiger charge is 2.37. The molecule has 0 radical (unpaired) electrons. The Bertz CT molecular complexity index is 313. The highest BCUT2D eigenvalue weighted by Crippen LogP contribution is 2.37. The molecule has 0 saturated carbocycles. The third-order valence-electron chi connectivity index (χ3n) is 4.04. The molecule has 0 aromatic carbocycles. The van der Waals surface area contributed by atoms with Crippen LogP contribution in [0.1, 0.15) is 67.7 Å². The summed E-state index contributed by atoms with van der Waals surface area (Å²) in [7, 11) is 0. The summed E-state index contributed by atoms with van der Waals surface area (Å²) in [5, 5.41) is 0. The van der Waals surface area contributed by atoms with Gasteiger partial charge in [-0.3, -0.25) is 4.90 Å². The van der Waals surface area contributed by atoms with E-state index in [0.717, 1.165) is 31.4 Å². The van der Waals surface area contributed by atoms with E-state index in [1.54, 1.807) is 6.92 Å². The molecule has 0 bridgehead atoms. The van der Waals surface area contributed by atoms with Crippen LogP contribution in [-0.2, 0) is 0 Å². The Morgan fingerprint density at radius 2 is 1.72 bits per heavy atom. The lowest BCUT2D eigenvalue weighted by atomic mass is 9.81. The zero-order valence-corrected chi connectivity index (χ0v) is 13.2. The second kappa shape index (κ2) is 5.32. The van der Waals surface area contributed by atoms with Crippen LogP contribution in [0.2, 0.25) is 0 Å². The van der Waals surface area contributed by atoms with Gasteiger partial charge >= 0.3 is 0 Å². The number of hydrogen-bond acceptors (Lipinski definition) is 1. The van der Waals surface area contributed by atoms with E-state index in [0.29, 0.717) is 6.04 Å². The van der Waals surface area contributed by atoms with Gasteiger partial charge in [0, 0.05) is 18.1 Å². The molecule has 0 aromatic heterocycles. The zero-order valence-electron chi connectivity index (χ0n) is 13.2. The van der Waals surface area contributed by atoms with Gasteiger partial charge in [-0.15, -0.1) is 0 Å². The Hall–Kier alpha value is -0.370. The zero-order chi connectivity index (χ0) is 14.1. The van der Waals surface area contributed by atoms with Crippen molar-refractivity contribution < 1.29 is 4.39 Å². The predicted molar refractivity (Wildman–Crippen MR) is 77.4 cm³/mol. The molecular formula is C16H30FN. The van der Waals surface area contributed by atoms with Crippen LogP contribution in [0, 0.1) is 5.41 Å². The van der Waals surface area contributed by atoms with Gasteiger partial charge in [0.2, 0.25) is 0 Å². The molecular weight excluding hydrogens is 225 g/mol. The van der Waals surface area contributed by atoms with Gasteiger partial charge in [-0.1, -0.05) is 20.8 Å². The summed E-state index contributed by atoms with van der Waals surface area (Å²) in [6.45, 7) is 16.0. The van der Waals surface area contributed by atoms with Crippen LogP contribution < -0.4 is 0 Å². The number of rotatable bonds is 0. The third kappa shape index (κ3) is 3.81. The van der Waals surface area contributed by atoms with Gasteiger partial charge in [-0.05, 0) is 57.9 Å². The molecule has 1 saturated heterocycles. The van der Waals surface area contributed by atoms with Crippen LogP contribution in [-0.4, -0.2) is 23.0 Å². The molecule has 1 rings (SSSR count). The van der Waals surface area contributed by atoms with Crippen LogP contribution in [0.4, 0.5) is 4.39 Å². The smallest absolute Gasteiger partial charge is 0.0973 e. The fraction of sp³-hybridized carbons (Fsp3) is 0.875. The second-order valence-electron chi connectivity index (χ2n) is 7.71. The molecule has 1 fully saturated rings. The lowest BCUT2D eigenvalue weighted by Crippen LogP contribution is -2.53. The first-order valence-electron chi connectivity index (χ1n) is 7.14. The third-order valence-corrected chi connectivity index (χ3v) is 4.04. The molecule has 1 aliphatic heterocycles. The van der Waals surface area contributed by atoms with Gasteiger partial charge in [0.15, 0.2) is 0 Å². The van der Waals surface area contributed by atoms with E-state index in [1.807, 2.05) is 0 Å². The van der Waals surface area contributed by atoms with Crippen molar-refractivity contribution in [2.75, 3.05) is 6.54 Å². The van der Waals surface area contributed by atoms with Crippen molar-refractivity contribution in [3.05, 3.63) is 11.4 Å². The van der Waals surface area contributed by atoms with E-state index in [-0.39, 0.29) is 16.8 Å². The number of allylic oxidation sites excluding steroid dienone is 1. The van der Waals surface area contributed by atoms with Crippen molar-refractivity contribution in [1.82, 2.24) is 4.90 Å². The molecule has 0 aliphatic carbocycles. The minimum atomic E-state index is 0.0267. The Labute approximate surface area is 112 Å². The molecule has 1 atom stereocenters. The topological polar surface area (TPSA) is 3.24 Å². The SMILES string of the molecule is C/C(F)=C1\CCCC(C(C)(C)C)N(C(C)(C)C)C1. The first kappa shape index (κ1) is 15.7. The number of nitrogens with zero attached hydrogens (tertiary/aromatic N) is 1. The maximum absolute atomic E-state index is 13.6. The van der Waals surface area contributed by atoms with Crippen LogP contribution in [0.15, 0.2) is 11.4 Å². The highest BCUT2D eigenvalue weighted by atomic mass is 19.1. The monoisotopic (exact) mass is 255 g/mol. The Kier molecular flexibility index (Phi) is 4.64. The average Bonchev–Trinajstić information content (AvgIpc) is 2.36. The van der Waals surface area contributed by atoms with Crippen molar-refractivity contribution in [1.29, 1.82) is 0 Å². The maximum atomic E-state index is 13.6. The second-order valence-corrected chi connectivity index (χ2v) is 7.71. The molecule has 0 N–H and O–H groups in total. The van der Waals surface area contributed by atoms with Gasteiger partial charge in [0.1, 0.15) is 0 Å². The largest absolute Gasteiger partial charge is 0.291 e. The Balaban J connectivity index is 3.10. The van der Waals surface area contributed by atoms with Crippen molar-refractivity contribution in [3.63, 3.8) is 0 Å². The van der Waals surface area contributed by atoms with E-state index >= 15 is 0 Å². The van der Waals surface area contributed by atoms with Gasteiger partial charge < -0.3 is 0 Å². The Morgan fingerprint density at radius 1 is 1.17 bits per heavy atom. The molecule has 2 heteroatoms. The molecule has 18 heavy (non-hydrogen) atoms. The summed E-state index contributed by atoms with van der Waals surface area (Å²) >= 11 is 0. The molecule has 1 nitrogen and oxygen atoms in total.